The van der Waals surface area contributed by atoms with Gasteiger partial charge in [-0.3, -0.25) is 14.9 Å². The molecule has 3 atom stereocenters. The maximum Gasteiger partial charge on any atom is 0.416 e. The monoisotopic (exact) mass is 497 g/mol. The van der Waals surface area contributed by atoms with Crippen LogP contribution in [0.15, 0.2) is 24.3 Å². The van der Waals surface area contributed by atoms with Crippen LogP contribution in [0, 0.1) is 11.8 Å². The van der Waals surface area contributed by atoms with Crippen molar-refractivity contribution in [2.24, 2.45) is 11.8 Å². The summed E-state index contributed by atoms with van der Waals surface area (Å²) < 4.78 is 39.8. The number of likely N-dealkylation sites (tertiary alicyclic amines) is 1. The molecule has 1 aliphatic carbocycles. The Labute approximate surface area is 203 Å². The Bertz CT molecular complexity index is 930. The van der Waals surface area contributed by atoms with Crippen molar-refractivity contribution in [2.75, 3.05) is 13.1 Å². The molecule has 1 aromatic rings. The molecule has 2 saturated heterocycles. The van der Waals surface area contributed by atoms with Crippen LogP contribution in [0.4, 0.5) is 13.2 Å². The van der Waals surface area contributed by atoms with Crippen LogP contribution in [0.5, 0.6) is 0 Å². The Morgan fingerprint density at radius 3 is 2.44 bits per heavy atom. The maximum absolute atomic E-state index is 13.5. The van der Waals surface area contributed by atoms with E-state index >= 15 is 0 Å². The zero-order valence-corrected chi connectivity index (χ0v) is 20.8. The van der Waals surface area contributed by atoms with Crippen molar-refractivity contribution in [3.8, 4) is 0 Å². The Morgan fingerprint density at radius 2 is 1.85 bits per heavy atom. The number of rotatable bonds is 6. The number of nitrogens with one attached hydrogen (secondary N) is 2. The van der Waals surface area contributed by atoms with Crippen LogP contribution in [-0.2, 0) is 15.8 Å². The van der Waals surface area contributed by atoms with Gasteiger partial charge in [-0.1, -0.05) is 24.6 Å². The van der Waals surface area contributed by atoms with E-state index in [0.717, 1.165) is 51.3 Å². The van der Waals surface area contributed by atoms with Gasteiger partial charge in [0.25, 0.3) is 0 Å². The molecule has 5 nitrogen and oxygen atoms in total. The highest BCUT2D eigenvalue weighted by molar-refractivity contribution is 8.03. The van der Waals surface area contributed by atoms with Gasteiger partial charge in [0, 0.05) is 25.0 Å². The summed E-state index contributed by atoms with van der Waals surface area (Å²) in [6, 6.07) is 4.93. The second-order valence-electron chi connectivity index (χ2n) is 10.4. The van der Waals surface area contributed by atoms with Crippen LogP contribution < -0.4 is 10.6 Å². The Balaban J connectivity index is 1.37. The number of carbonyl (C=O) groups excluding carboxylic acids is 2. The number of halogens is 3. The van der Waals surface area contributed by atoms with E-state index in [4.69, 9.17) is 0 Å². The molecule has 2 unspecified atom stereocenters. The zero-order chi connectivity index (χ0) is 24.7. The van der Waals surface area contributed by atoms with Crippen LogP contribution in [0.1, 0.15) is 76.5 Å². The van der Waals surface area contributed by atoms with Gasteiger partial charge in [-0.15, -0.1) is 11.8 Å². The summed E-state index contributed by atoms with van der Waals surface area (Å²) in [5.74, 6) is 0.728. The molecule has 9 heteroatoms. The van der Waals surface area contributed by atoms with E-state index in [-0.39, 0.29) is 23.3 Å². The summed E-state index contributed by atoms with van der Waals surface area (Å²) in [6.45, 7) is 6.90. The molecule has 34 heavy (non-hydrogen) atoms. The first-order chi connectivity index (χ1) is 15.9. The highest BCUT2D eigenvalue weighted by Crippen LogP contribution is 2.47. The van der Waals surface area contributed by atoms with Gasteiger partial charge in [0.15, 0.2) is 0 Å². The third kappa shape index (κ3) is 5.25. The topological polar surface area (TPSA) is 61.4 Å². The number of piperidine rings is 1. The van der Waals surface area contributed by atoms with Gasteiger partial charge in [-0.25, -0.2) is 0 Å². The van der Waals surface area contributed by atoms with Crippen LogP contribution in [0.3, 0.4) is 0 Å². The Hall–Kier alpha value is -1.74. The highest BCUT2D eigenvalue weighted by atomic mass is 32.2. The van der Waals surface area contributed by atoms with Crippen LogP contribution in [-0.4, -0.2) is 39.5 Å². The number of nitrogens with zero attached hydrogens (tertiary/aromatic N) is 1. The van der Waals surface area contributed by atoms with E-state index in [1.807, 2.05) is 18.7 Å². The van der Waals surface area contributed by atoms with Crippen molar-refractivity contribution >= 4 is 23.6 Å². The quantitative estimate of drug-likeness (QED) is 0.576. The van der Waals surface area contributed by atoms with E-state index in [1.54, 1.807) is 13.0 Å². The average Bonchev–Trinajstić information content (AvgIpc) is 2.94. The molecule has 0 bridgehead atoms. The lowest BCUT2D eigenvalue weighted by Gasteiger charge is -2.38. The summed E-state index contributed by atoms with van der Waals surface area (Å²) in [4.78, 5) is 26.6. The molecule has 3 aliphatic rings. The minimum atomic E-state index is -4.44. The average molecular weight is 498 g/mol. The summed E-state index contributed by atoms with van der Waals surface area (Å²) in [6.07, 6.45) is 1.15. The maximum atomic E-state index is 13.5. The number of amides is 2. The van der Waals surface area contributed by atoms with Gasteiger partial charge in [0.2, 0.25) is 11.8 Å². The number of carbonyl (C=O) groups is 2. The van der Waals surface area contributed by atoms with Crippen molar-refractivity contribution in [3.05, 3.63) is 35.4 Å². The molecule has 3 fully saturated rings. The SMILES string of the molecule is C[C@H](NC1(C)NC(=O)C(C)(CC2CCN(C(=O)C3CCC3)CC2)S1)c1ccccc1C(F)(F)F. The molecule has 0 radical (unpaired) electrons. The molecule has 4 rings (SSSR count). The van der Waals surface area contributed by atoms with Crippen molar-refractivity contribution < 1.29 is 22.8 Å². The highest BCUT2D eigenvalue weighted by Gasteiger charge is 2.51. The lowest BCUT2D eigenvalue weighted by molar-refractivity contribution is -0.140. The second kappa shape index (κ2) is 9.37. The Kier molecular flexibility index (Phi) is 6.99. The first-order valence-electron chi connectivity index (χ1n) is 12.2. The predicted molar refractivity (Wildman–Crippen MR) is 127 cm³/mol. The lowest BCUT2D eigenvalue weighted by atomic mass is 9.82. The standard InChI is InChI=1S/C25H34F3N3O2S/c1-16(19-9-4-5-10-20(19)25(26,27)28)29-24(3)30-22(33)23(2,34-24)15-17-11-13-31(14-12-17)21(32)18-7-6-8-18/h4-5,9-10,16-18,29H,6-8,11-15H2,1-3H3,(H,30,33)/t16-,23?,24?/m0/s1. The first-order valence-corrected chi connectivity index (χ1v) is 13.0. The number of alkyl halides is 3. The molecule has 1 saturated carbocycles. The summed E-state index contributed by atoms with van der Waals surface area (Å²) in [5.41, 5.74) is -0.512. The molecule has 2 heterocycles. The number of hydrogen-bond donors (Lipinski definition) is 2. The van der Waals surface area contributed by atoms with Crippen LogP contribution in [0.2, 0.25) is 0 Å². The zero-order valence-electron chi connectivity index (χ0n) is 20.0. The normalized spacial score (nSPS) is 29.6. The van der Waals surface area contributed by atoms with Gasteiger partial charge in [0.1, 0.15) is 4.99 Å². The van der Waals surface area contributed by atoms with E-state index in [2.05, 4.69) is 10.6 Å². The number of hydrogen-bond acceptors (Lipinski definition) is 4. The third-order valence-corrected chi connectivity index (χ3v) is 8.98. The van der Waals surface area contributed by atoms with Gasteiger partial charge in [0.05, 0.1) is 10.3 Å². The number of thioether (sulfide) groups is 1. The predicted octanol–water partition coefficient (Wildman–Crippen LogP) is 5.08. The third-order valence-electron chi connectivity index (χ3n) is 7.55. The molecule has 2 N–H and O–H groups in total. The minimum absolute atomic E-state index is 0.100. The van der Waals surface area contributed by atoms with Crippen molar-refractivity contribution in [1.29, 1.82) is 0 Å². The molecule has 1 aromatic carbocycles. The second-order valence-corrected chi connectivity index (χ2v) is 12.3. The van der Waals surface area contributed by atoms with Gasteiger partial charge < -0.3 is 10.2 Å². The van der Waals surface area contributed by atoms with Gasteiger partial charge >= 0.3 is 6.18 Å². The van der Waals surface area contributed by atoms with E-state index < -0.39 is 27.5 Å². The summed E-state index contributed by atoms with van der Waals surface area (Å²) >= 11 is 1.44. The minimum Gasteiger partial charge on any atom is -0.342 e. The van der Waals surface area contributed by atoms with Gasteiger partial charge in [-0.05, 0) is 70.4 Å². The summed E-state index contributed by atoms with van der Waals surface area (Å²) in [7, 11) is 0. The molecular weight excluding hydrogens is 463 g/mol. The lowest BCUT2D eigenvalue weighted by Crippen LogP contribution is -2.50. The van der Waals surface area contributed by atoms with Gasteiger partial charge in [-0.2, -0.15) is 13.2 Å². The first kappa shape index (κ1) is 25.4. The Morgan fingerprint density at radius 1 is 1.21 bits per heavy atom. The number of benzene rings is 1. The largest absolute Gasteiger partial charge is 0.416 e. The van der Waals surface area contributed by atoms with Crippen LogP contribution in [0.25, 0.3) is 0 Å². The van der Waals surface area contributed by atoms with Crippen molar-refractivity contribution in [1.82, 2.24) is 15.5 Å². The smallest absolute Gasteiger partial charge is 0.342 e. The fourth-order valence-corrected chi connectivity index (χ4v) is 7.26. The van der Waals surface area contributed by atoms with E-state index in [0.29, 0.717) is 12.3 Å². The van der Waals surface area contributed by atoms with Crippen molar-refractivity contribution in [2.45, 2.75) is 81.3 Å². The molecule has 2 amide bonds. The fourth-order valence-electron chi connectivity index (χ4n) is 5.52. The van der Waals surface area contributed by atoms with E-state index in [9.17, 15) is 22.8 Å². The molecule has 0 aromatic heterocycles. The molecule has 188 valence electrons. The van der Waals surface area contributed by atoms with Crippen molar-refractivity contribution in [3.63, 3.8) is 0 Å². The fraction of sp³-hybridized carbons (Fsp3) is 0.680. The summed E-state index contributed by atoms with van der Waals surface area (Å²) in [5, 5.41) is 6.23. The van der Waals surface area contributed by atoms with E-state index in [1.165, 1.54) is 23.9 Å². The molecular formula is C25H34F3N3O2S. The van der Waals surface area contributed by atoms with Crippen LogP contribution >= 0.6 is 11.8 Å². The molecule has 0 spiro atoms. The molecule has 2 aliphatic heterocycles.